The minimum atomic E-state index is -6.09. The van der Waals surface area contributed by atoms with Crippen molar-refractivity contribution in [3.63, 3.8) is 0 Å². The summed E-state index contributed by atoms with van der Waals surface area (Å²) >= 11 is 0. The van der Waals surface area contributed by atoms with Crippen molar-refractivity contribution in [3.8, 4) is 0 Å². The number of methoxy groups -OCH3 is 1. The lowest BCUT2D eigenvalue weighted by molar-refractivity contribution is -0.0517. The maximum absolute atomic E-state index is 10.7. The van der Waals surface area contributed by atoms with Gasteiger partial charge in [-0.3, -0.25) is 0 Å². The monoisotopic (exact) mass is 362 g/mol. The van der Waals surface area contributed by atoms with Crippen LogP contribution in [0.4, 0.5) is 18.0 Å². The number of carbonyl (C=O) groups excluding carboxylic acids is 1. The highest BCUT2D eigenvalue weighted by molar-refractivity contribution is 7.96. The van der Waals surface area contributed by atoms with E-state index in [-0.39, 0.29) is 10.9 Å². The third-order valence-electron chi connectivity index (χ3n) is 1.95. The maximum atomic E-state index is 10.7. The van der Waals surface area contributed by atoms with Gasteiger partial charge in [0, 0.05) is 0 Å². The Labute approximate surface area is 128 Å². The van der Waals surface area contributed by atoms with Gasteiger partial charge in [0.2, 0.25) is 0 Å². The number of hydrogen-bond donors (Lipinski definition) is 0. The second kappa shape index (κ2) is 8.86. The summed E-state index contributed by atoms with van der Waals surface area (Å²) in [5.41, 5.74) is -5.65. The zero-order chi connectivity index (χ0) is 17.4. The van der Waals surface area contributed by atoms with Crippen LogP contribution >= 0.6 is 0 Å². The topological polar surface area (TPSA) is 92.7 Å². The Morgan fingerprint density at radius 1 is 1.27 bits per heavy atom. The summed E-state index contributed by atoms with van der Waals surface area (Å²) in [6.45, 7) is 0. The molecule has 0 aliphatic heterocycles. The first-order valence-electron chi connectivity index (χ1n) is 5.39. The van der Waals surface area contributed by atoms with Crippen molar-refractivity contribution in [1.82, 2.24) is 0 Å². The van der Waals surface area contributed by atoms with Gasteiger partial charge < -0.3 is 14.0 Å². The quantitative estimate of drug-likeness (QED) is 0.354. The van der Waals surface area contributed by atoms with Crippen LogP contribution in [-0.2, 0) is 30.5 Å². The molecule has 11 heteroatoms. The molecule has 1 aromatic rings. The van der Waals surface area contributed by atoms with E-state index in [1.54, 1.807) is 0 Å². The van der Waals surface area contributed by atoms with Crippen molar-refractivity contribution >= 4 is 27.2 Å². The lowest BCUT2D eigenvalue weighted by atomic mass is 10.4. The van der Waals surface area contributed by atoms with Crippen molar-refractivity contribution in [2.45, 2.75) is 10.4 Å². The molecule has 0 saturated carbocycles. The fourth-order valence-electron chi connectivity index (χ4n) is 0.916. The molecule has 0 saturated heterocycles. The molecular weight excluding hydrogens is 349 g/mol. The standard InChI is InChI=1S/C10H13O3S.CHF3O3S/c1-12-10(11)13-8-14(2)9-6-4-3-5-7-9;2-1(3,4)8(5,6)7/h3-7H,8H2,1-2H3;(H,5,6,7)/q+1;/p-1. The van der Waals surface area contributed by atoms with Crippen LogP contribution in [0.5, 0.6) is 0 Å². The molecule has 1 aromatic carbocycles. The highest BCUT2D eigenvalue weighted by atomic mass is 32.2. The first-order valence-corrected chi connectivity index (χ1v) is 8.60. The summed E-state index contributed by atoms with van der Waals surface area (Å²) in [6, 6.07) is 9.93. The van der Waals surface area contributed by atoms with Gasteiger partial charge in [-0.1, -0.05) is 18.2 Å². The molecule has 1 atom stereocenters. The molecule has 0 radical (unpaired) electrons. The van der Waals surface area contributed by atoms with E-state index >= 15 is 0 Å². The first kappa shape index (κ1) is 20.5. The van der Waals surface area contributed by atoms with Gasteiger partial charge in [-0.2, -0.15) is 13.2 Å². The number of alkyl halides is 3. The fourth-order valence-corrected chi connectivity index (χ4v) is 1.95. The van der Waals surface area contributed by atoms with Crippen LogP contribution in [0.2, 0.25) is 0 Å². The first-order chi connectivity index (χ1) is 9.99. The highest BCUT2D eigenvalue weighted by Gasteiger charge is 2.36. The molecule has 1 rings (SSSR count). The highest BCUT2D eigenvalue weighted by Crippen LogP contribution is 2.20. The van der Waals surface area contributed by atoms with E-state index in [1.165, 1.54) is 12.0 Å². The van der Waals surface area contributed by atoms with Crippen molar-refractivity contribution in [1.29, 1.82) is 0 Å². The van der Waals surface area contributed by atoms with Gasteiger partial charge in [-0.25, -0.2) is 13.2 Å². The van der Waals surface area contributed by atoms with Crippen LogP contribution in [-0.4, -0.2) is 43.9 Å². The maximum Gasteiger partial charge on any atom is 0.511 e. The van der Waals surface area contributed by atoms with Gasteiger partial charge in [0.1, 0.15) is 6.26 Å². The van der Waals surface area contributed by atoms with Gasteiger partial charge in [0.15, 0.2) is 15.0 Å². The molecule has 22 heavy (non-hydrogen) atoms. The van der Waals surface area contributed by atoms with E-state index in [0.29, 0.717) is 5.94 Å². The Bertz CT molecular complexity index is 559. The minimum absolute atomic E-state index is 0.0786. The summed E-state index contributed by atoms with van der Waals surface area (Å²) in [5.74, 6) is 0.372. The molecule has 0 aromatic heterocycles. The Morgan fingerprint density at radius 2 is 1.73 bits per heavy atom. The van der Waals surface area contributed by atoms with Crippen molar-refractivity contribution in [2.24, 2.45) is 0 Å². The summed E-state index contributed by atoms with van der Waals surface area (Å²) in [6.07, 6.45) is 1.40. The number of rotatable bonds is 3. The summed E-state index contributed by atoms with van der Waals surface area (Å²) in [7, 11) is -4.86. The number of hydrogen-bond acceptors (Lipinski definition) is 6. The van der Waals surface area contributed by atoms with Crippen LogP contribution in [0.1, 0.15) is 0 Å². The van der Waals surface area contributed by atoms with Gasteiger partial charge in [0.25, 0.3) is 5.94 Å². The van der Waals surface area contributed by atoms with Crippen molar-refractivity contribution in [3.05, 3.63) is 30.3 Å². The summed E-state index contributed by atoms with van der Waals surface area (Å²) in [5, 5.41) is 0. The van der Waals surface area contributed by atoms with Gasteiger partial charge in [0.05, 0.1) is 18.0 Å². The summed E-state index contributed by atoms with van der Waals surface area (Å²) < 4.78 is 68.1. The van der Waals surface area contributed by atoms with E-state index in [1.807, 2.05) is 36.6 Å². The SMILES string of the molecule is COC(=O)OC[S+](C)c1ccccc1.O=S(=O)([O-])C(F)(F)F. The number of ether oxygens (including phenoxy) is 2. The number of carbonyl (C=O) groups is 1. The molecular formula is C11H13F3O6S2. The average molecular weight is 362 g/mol. The van der Waals surface area contributed by atoms with E-state index < -0.39 is 21.8 Å². The van der Waals surface area contributed by atoms with Crippen LogP contribution in [0.15, 0.2) is 35.2 Å². The van der Waals surface area contributed by atoms with E-state index in [0.717, 1.165) is 0 Å². The van der Waals surface area contributed by atoms with Crippen LogP contribution in [0, 0.1) is 0 Å². The Morgan fingerprint density at radius 3 is 2.09 bits per heavy atom. The fraction of sp³-hybridized carbons (Fsp3) is 0.364. The molecule has 0 aliphatic carbocycles. The molecule has 0 fully saturated rings. The Kier molecular flexibility index (Phi) is 8.27. The van der Waals surface area contributed by atoms with E-state index in [2.05, 4.69) is 4.74 Å². The second-order valence-corrected chi connectivity index (χ2v) is 6.92. The smallest absolute Gasteiger partial charge is 0.511 e. The Hall–Kier alpha value is -1.46. The predicted molar refractivity (Wildman–Crippen MR) is 72.1 cm³/mol. The third kappa shape index (κ3) is 8.10. The van der Waals surface area contributed by atoms with Crippen LogP contribution < -0.4 is 0 Å². The molecule has 0 aliphatic rings. The average Bonchev–Trinajstić information content (AvgIpc) is 2.43. The van der Waals surface area contributed by atoms with Gasteiger partial charge in [-0.15, -0.1) is 0 Å². The zero-order valence-corrected chi connectivity index (χ0v) is 13.1. The molecule has 0 spiro atoms. The molecule has 1 unspecified atom stereocenters. The zero-order valence-electron chi connectivity index (χ0n) is 11.5. The van der Waals surface area contributed by atoms with Crippen LogP contribution in [0.3, 0.4) is 0 Å². The number of halogens is 3. The molecule has 0 heterocycles. The molecule has 0 N–H and O–H groups in total. The lowest BCUT2D eigenvalue weighted by Gasteiger charge is -2.08. The number of benzene rings is 1. The molecule has 0 amide bonds. The molecule has 0 bridgehead atoms. The third-order valence-corrected chi connectivity index (χ3v) is 4.06. The van der Waals surface area contributed by atoms with Crippen LogP contribution in [0.25, 0.3) is 0 Å². The molecule has 126 valence electrons. The summed E-state index contributed by atoms with van der Waals surface area (Å²) in [4.78, 5) is 11.9. The largest absolute Gasteiger partial charge is 0.741 e. The second-order valence-electron chi connectivity index (χ2n) is 3.57. The lowest BCUT2D eigenvalue weighted by Crippen LogP contribution is -2.21. The van der Waals surface area contributed by atoms with Crippen molar-refractivity contribution in [2.75, 3.05) is 19.3 Å². The van der Waals surface area contributed by atoms with Gasteiger partial charge >= 0.3 is 11.7 Å². The van der Waals surface area contributed by atoms with E-state index in [9.17, 15) is 18.0 Å². The van der Waals surface area contributed by atoms with Crippen molar-refractivity contribution < 1.29 is 40.4 Å². The minimum Gasteiger partial charge on any atom is -0.741 e. The predicted octanol–water partition coefficient (Wildman–Crippen LogP) is 2.09. The van der Waals surface area contributed by atoms with Gasteiger partial charge in [-0.05, 0) is 12.1 Å². The Balaban J connectivity index is 0.000000472. The normalized spacial score (nSPS) is 12.6. The molecule has 6 nitrogen and oxygen atoms in total. The van der Waals surface area contributed by atoms with E-state index in [4.69, 9.17) is 17.7 Å².